The predicted octanol–water partition coefficient (Wildman–Crippen LogP) is 4.21. The topological polar surface area (TPSA) is 121 Å². The molecule has 1 saturated carbocycles. The molecule has 0 spiro atoms. The van der Waals surface area contributed by atoms with Crippen molar-refractivity contribution < 1.29 is 13.6 Å². The van der Waals surface area contributed by atoms with Gasteiger partial charge in [0.25, 0.3) is 0 Å². The van der Waals surface area contributed by atoms with Crippen molar-refractivity contribution in [2.24, 2.45) is 39.6 Å². The van der Waals surface area contributed by atoms with E-state index < -0.39 is 30.5 Å². The number of hydrogen-bond acceptors (Lipinski definition) is 8. The number of nitrogens with two attached hydrogens (primary N) is 2. The van der Waals surface area contributed by atoms with Gasteiger partial charge in [-0.1, -0.05) is 39.5 Å². The second kappa shape index (κ2) is 15.5. The van der Waals surface area contributed by atoms with E-state index >= 15 is 4.39 Å². The Bertz CT molecular complexity index is 1010. The lowest BCUT2D eigenvalue weighted by atomic mass is 9.69. The molecule has 250 valence electrons. The van der Waals surface area contributed by atoms with E-state index in [-0.39, 0.29) is 23.9 Å². The summed E-state index contributed by atoms with van der Waals surface area (Å²) in [7, 11) is 0. The third kappa shape index (κ3) is 7.81. The Hall–Kier alpha value is -1.27. The molecule has 3 fully saturated rings. The van der Waals surface area contributed by atoms with Crippen LogP contribution >= 0.6 is 11.8 Å². The Kier molecular flexibility index (Phi) is 12.0. The number of hydrogen-bond donors (Lipinski definition) is 5. The van der Waals surface area contributed by atoms with Crippen LogP contribution < -0.4 is 27.4 Å². The van der Waals surface area contributed by atoms with Crippen LogP contribution in [0.3, 0.4) is 0 Å². The minimum absolute atomic E-state index is 0.126. The summed E-state index contributed by atoms with van der Waals surface area (Å²) in [5, 5.41) is 10.8. The van der Waals surface area contributed by atoms with Gasteiger partial charge in [-0.2, -0.15) is 0 Å². The van der Waals surface area contributed by atoms with E-state index in [1.54, 1.807) is 0 Å². The van der Waals surface area contributed by atoms with Crippen molar-refractivity contribution in [1.29, 1.82) is 0 Å². The monoisotopic (exact) mass is 637 g/mol. The molecule has 4 heterocycles. The van der Waals surface area contributed by atoms with Crippen molar-refractivity contribution in [3.63, 3.8) is 0 Å². The molecular weight excluding hydrogens is 580 g/mol. The average molecular weight is 638 g/mol. The standard InChI is InChI=1S/C33H57F2N7OS/c1-3-12-33(4-2)13-9-23(34)19-39-25(18-33)26(30(36)37)31(43)41-28-27(21-7-5-6-8-21)40-20-24(35)29(28)42-15-10-22(11-16-42)32-38-14-17-44-32/h19,21-27,30,32,38,40H,3-18,20,36-37H2,1-2H3,(H,41,43)/b39-19-. The number of nitrogens with zero attached hydrogens (tertiary/aromatic N) is 2. The molecule has 1 amide bonds. The highest BCUT2D eigenvalue weighted by molar-refractivity contribution is 8.00. The number of piperidine rings is 1. The summed E-state index contributed by atoms with van der Waals surface area (Å²) in [5.74, 6) is 0.868. The largest absolute Gasteiger partial charge is 0.371 e. The molecule has 7 N–H and O–H groups in total. The lowest BCUT2D eigenvalue weighted by molar-refractivity contribution is -0.126. The summed E-state index contributed by atoms with van der Waals surface area (Å²) in [6.45, 7) is 7.14. The average Bonchev–Trinajstić information content (AvgIpc) is 3.74. The first kappa shape index (κ1) is 34.1. The number of rotatable bonds is 10. The molecule has 2 saturated heterocycles. The normalized spacial score (nSPS) is 36.0. The molecule has 11 heteroatoms. The number of amides is 1. The van der Waals surface area contributed by atoms with Crippen molar-refractivity contribution >= 4 is 23.9 Å². The highest BCUT2D eigenvalue weighted by Crippen LogP contribution is 2.43. The van der Waals surface area contributed by atoms with Crippen molar-refractivity contribution in [2.75, 3.05) is 31.9 Å². The number of carbonyl (C=O) groups is 1. The first-order valence-electron chi connectivity index (χ1n) is 17.5. The Labute approximate surface area is 267 Å². The van der Waals surface area contributed by atoms with Crippen molar-refractivity contribution in [3.8, 4) is 0 Å². The van der Waals surface area contributed by atoms with Crippen LogP contribution in [0.15, 0.2) is 16.4 Å². The van der Waals surface area contributed by atoms with Gasteiger partial charge in [-0.05, 0) is 68.6 Å². The van der Waals surface area contributed by atoms with Gasteiger partial charge in [0, 0.05) is 38.1 Å². The fraction of sp³-hybridized carbons (Fsp3) is 0.879. The predicted molar refractivity (Wildman–Crippen MR) is 177 cm³/mol. The quantitative estimate of drug-likeness (QED) is 0.228. The Morgan fingerprint density at radius 1 is 1.14 bits per heavy atom. The molecule has 5 rings (SSSR count). The third-order valence-electron chi connectivity index (χ3n) is 11.3. The highest BCUT2D eigenvalue weighted by Gasteiger charge is 2.44. The maximum absolute atomic E-state index is 16.0. The fourth-order valence-electron chi connectivity index (χ4n) is 8.77. The number of likely N-dealkylation sites (tertiary alicyclic amines) is 1. The van der Waals surface area contributed by atoms with Crippen molar-refractivity contribution in [1.82, 2.24) is 20.9 Å². The molecule has 0 aromatic rings. The maximum atomic E-state index is 16.0. The number of nitrogens with one attached hydrogen (secondary N) is 3. The van der Waals surface area contributed by atoms with Gasteiger partial charge in [0.15, 0.2) is 6.17 Å². The van der Waals surface area contributed by atoms with Crippen LogP contribution in [0.25, 0.3) is 0 Å². The first-order valence-corrected chi connectivity index (χ1v) is 18.5. The zero-order chi connectivity index (χ0) is 31.3. The first-order chi connectivity index (χ1) is 21.2. The molecule has 0 bridgehead atoms. The summed E-state index contributed by atoms with van der Waals surface area (Å²) in [4.78, 5) is 21.2. The van der Waals surface area contributed by atoms with Gasteiger partial charge in [0.1, 0.15) is 6.17 Å². The molecular formula is C33H57F2N7OS. The Balaban J connectivity index is 1.44. The lowest BCUT2D eigenvalue weighted by Crippen LogP contribution is -2.58. The smallest absolute Gasteiger partial charge is 0.232 e. The van der Waals surface area contributed by atoms with Gasteiger partial charge in [-0.15, -0.1) is 11.8 Å². The summed E-state index contributed by atoms with van der Waals surface area (Å²) < 4.78 is 30.9. The van der Waals surface area contributed by atoms with E-state index in [9.17, 15) is 9.18 Å². The van der Waals surface area contributed by atoms with Crippen LogP contribution in [0.5, 0.6) is 0 Å². The second-order valence-corrected chi connectivity index (χ2v) is 15.3. The summed E-state index contributed by atoms with van der Waals surface area (Å²) in [6, 6.07) is -0.673. The molecule has 5 aliphatic rings. The second-order valence-electron chi connectivity index (χ2n) is 14.1. The third-order valence-corrected chi connectivity index (χ3v) is 12.6. The SMILES string of the molecule is CCCC1(CC)CCC(F)/C=N\C(C(C(=O)NC2=C(N3CCC(C4NCCS4)CC3)C(F)CNC2C2CCCC2)C(N)N)C1. The van der Waals surface area contributed by atoms with E-state index in [0.717, 1.165) is 89.6 Å². The molecule has 0 aromatic heterocycles. The summed E-state index contributed by atoms with van der Waals surface area (Å²) >= 11 is 2.00. The fourth-order valence-corrected chi connectivity index (χ4v) is 10.0. The molecule has 4 aliphatic heterocycles. The van der Waals surface area contributed by atoms with E-state index in [0.29, 0.717) is 41.4 Å². The maximum Gasteiger partial charge on any atom is 0.232 e. The number of carbonyl (C=O) groups excluding carboxylic acids is 1. The Morgan fingerprint density at radius 2 is 1.89 bits per heavy atom. The molecule has 8 nitrogen and oxygen atoms in total. The van der Waals surface area contributed by atoms with E-state index in [2.05, 4.69) is 39.7 Å². The van der Waals surface area contributed by atoms with Crippen LogP contribution in [0, 0.1) is 23.2 Å². The number of halogens is 2. The number of thioether (sulfide) groups is 1. The molecule has 44 heavy (non-hydrogen) atoms. The zero-order valence-electron chi connectivity index (χ0n) is 26.9. The van der Waals surface area contributed by atoms with E-state index in [1.807, 2.05) is 11.8 Å². The summed E-state index contributed by atoms with van der Waals surface area (Å²) in [5.41, 5.74) is 13.9. The minimum atomic E-state index is -1.22. The lowest BCUT2D eigenvalue weighted by Gasteiger charge is -2.44. The Morgan fingerprint density at radius 3 is 2.52 bits per heavy atom. The molecule has 0 radical (unpaired) electrons. The van der Waals surface area contributed by atoms with Gasteiger partial charge in [-0.3, -0.25) is 9.79 Å². The van der Waals surface area contributed by atoms with Crippen LogP contribution in [0.4, 0.5) is 8.78 Å². The number of aliphatic imine (C=N–C) groups is 1. The van der Waals surface area contributed by atoms with Gasteiger partial charge in [0.2, 0.25) is 5.91 Å². The van der Waals surface area contributed by atoms with Crippen LogP contribution in [0.1, 0.15) is 90.9 Å². The highest BCUT2D eigenvalue weighted by atomic mass is 32.2. The van der Waals surface area contributed by atoms with Gasteiger partial charge < -0.3 is 32.3 Å². The van der Waals surface area contributed by atoms with Crippen LogP contribution in [-0.2, 0) is 4.79 Å². The minimum Gasteiger partial charge on any atom is -0.371 e. The molecule has 7 unspecified atom stereocenters. The van der Waals surface area contributed by atoms with Crippen molar-refractivity contribution in [3.05, 3.63) is 11.4 Å². The van der Waals surface area contributed by atoms with E-state index in [1.165, 1.54) is 6.21 Å². The molecule has 0 aromatic carbocycles. The molecule has 7 atom stereocenters. The number of alkyl halides is 2. The van der Waals surface area contributed by atoms with E-state index in [4.69, 9.17) is 11.5 Å². The van der Waals surface area contributed by atoms with Crippen LogP contribution in [-0.4, -0.2) is 84.9 Å². The zero-order valence-corrected chi connectivity index (χ0v) is 27.7. The molecule has 1 aliphatic carbocycles. The van der Waals surface area contributed by atoms with Gasteiger partial charge in [0.05, 0.1) is 40.9 Å². The van der Waals surface area contributed by atoms with Crippen molar-refractivity contribution in [2.45, 2.75) is 127 Å². The summed E-state index contributed by atoms with van der Waals surface area (Å²) in [6.07, 6.45) is 8.98. The van der Waals surface area contributed by atoms with Crippen LogP contribution in [0.2, 0.25) is 0 Å². The van der Waals surface area contributed by atoms with Gasteiger partial charge in [-0.25, -0.2) is 8.78 Å². The van der Waals surface area contributed by atoms with Gasteiger partial charge >= 0.3 is 0 Å².